The molecule has 2 aromatic rings. The largest absolute Gasteiger partial charge is 0.492 e. The molecule has 0 saturated carbocycles. The van der Waals surface area contributed by atoms with Gasteiger partial charge in [-0.3, -0.25) is 4.79 Å². The Morgan fingerprint density at radius 1 is 0.920 bits per heavy atom. The molecule has 0 atom stereocenters. The first-order valence-electron chi connectivity index (χ1n) is 7.96. The predicted molar refractivity (Wildman–Crippen MR) is 93.9 cm³/mol. The smallest absolute Gasteiger partial charge is 0.344 e. The van der Waals surface area contributed by atoms with Crippen LogP contribution in [0.3, 0.4) is 0 Å². The van der Waals surface area contributed by atoms with Crippen molar-refractivity contribution >= 4 is 17.6 Å². The van der Waals surface area contributed by atoms with E-state index in [-0.39, 0.29) is 6.61 Å². The molecule has 0 aliphatic rings. The summed E-state index contributed by atoms with van der Waals surface area (Å²) in [5, 5.41) is 2.65. The molecule has 132 valence electrons. The van der Waals surface area contributed by atoms with E-state index in [1.807, 2.05) is 38.1 Å². The fourth-order valence-corrected chi connectivity index (χ4v) is 2.08. The lowest BCUT2D eigenvalue weighted by atomic mass is 10.2. The third-order valence-electron chi connectivity index (χ3n) is 3.26. The van der Waals surface area contributed by atoms with Gasteiger partial charge in [0, 0.05) is 0 Å². The molecule has 1 amide bonds. The van der Waals surface area contributed by atoms with Gasteiger partial charge in [0.25, 0.3) is 5.91 Å². The predicted octanol–water partition coefficient (Wildman–Crippen LogP) is 2.95. The van der Waals surface area contributed by atoms with Crippen LogP contribution in [0.1, 0.15) is 12.5 Å². The maximum absolute atomic E-state index is 11.9. The summed E-state index contributed by atoms with van der Waals surface area (Å²) in [7, 11) is 0. The van der Waals surface area contributed by atoms with Gasteiger partial charge in [-0.2, -0.15) is 0 Å². The SMILES string of the molecule is CCOc1ccccc1NC(=O)COC(=O)COc1ccccc1C. The Kier molecular flexibility index (Phi) is 6.83. The van der Waals surface area contributed by atoms with E-state index >= 15 is 0 Å². The van der Waals surface area contributed by atoms with Gasteiger partial charge in [-0.05, 0) is 37.6 Å². The number of hydrogen-bond donors (Lipinski definition) is 1. The number of anilines is 1. The maximum Gasteiger partial charge on any atom is 0.344 e. The van der Waals surface area contributed by atoms with Gasteiger partial charge in [0.1, 0.15) is 11.5 Å². The molecule has 0 aromatic heterocycles. The highest BCUT2D eigenvalue weighted by Crippen LogP contribution is 2.23. The van der Waals surface area contributed by atoms with Gasteiger partial charge in [-0.1, -0.05) is 30.3 Å². The van der Waals surface area contributed by atoms with E-state index in [9.17, 15) is 9.59 Å². The lowest BCUT2D eigenvalue weighted by Gasteiger charge is -2.12. The van der Waals surface area contributed by atoms with Crippen molar-refractivity contribution in [2.45, 2.75) is 13.8 Å². The van der Waals surface area contributed by atoms with E-state index in [1.165, 1.54) is 0 Å². The van der Waals surface area contributed by atoms with Crippen LogP contribution >= 0.6 is 0 Å². The highest BCUT2D eigenvalue weighted by atomic mass is 16.6. The minimum atomic E-state index is -0.614. The van der Waals surface area contributed by atoms with Crippen molar-refractivity contribution in [1.82, 2.24) is 0 Å². The monoisotopic (exact) mass is 343 g/mol. The molecule has 2 aromatic carbocycles. The third-order valence-corrected chi connectivity index (χ3v) is 3.26. The van der Waals surface area contributed by atoms with Crippen molar-refractivity contribution in [3.05, 3.63) is 54.1 Å². The summed E-state index contributed by atoms with van der Waals surface area (Å²) >= 11 is 0. The second-order valence-corrected chi connectivity index (χ2v) is 5.19. The molecule has 2 rings (SSSR count). The number of ether oxygens (including phenoxy) is 3. The van der Waals surface area contributed by atoms with Gasteiger partial charge >= 0.3 is 5.97 Å². The van der Waals surface area contributed by atoms with Crippen LogP contribution in [-0.4, -0.2) is 31.7 Å². The topological polar surface area (TPSA) is 73.9 Å². The summed E-state index contributed by atoms with van der Waals surface area (Å²) < 4.78 is 15.7. The molecule has 1 N–H and O–H groups in total. The molecule has 6 heteroatoms. The molecule has 0 bridgehead atoms. The van der Waals surface area contributed by atoms with Crippen molar-refractivity contribution in [3.8, 4) is 11.5 Å². The number of hydrogen-bond acceptors (Lipinski definition) is 5. The van der Waals surface area contributed by atoms with Gasteiger partial charge in [0.15, 0.2) is 13.2 Å². The summed E-state index contributed by atoms with van der Waals surface area (Å²) in [5.74, 6) is 0.106. The van der Waals surface area contributed by atoms with Crippen LogP contribution in [0.2, 0.25) is 0 Å². The summed E-state index contributed by atoms with van der Waals surface area (Å²) in [6, 6.07) is 14.4. The van der Waals surface area contributed by atoms with Gasteiger partial charge in [0.05, 0.1) is 12.3 Å². The average Bonchev–Trinajstić information content (AvgIpc) is 2.61. The summed E-state index contributed by atoms with van der Waals surface area (Å²) in [5.41, 5.74) is 1.45. The number of rotatable bonds is 8. The van der Waals surface area contributed by atoms with Gasteiger partial charge in [-0.25, -0.2) is 4.79 Å². The average molecular weight is 343 g/mol. The molecule has 25 heavy (non-hydrogen) atoms. The minimum Gasteiger partial charge on any atom is -0.492 e. The van der Waals surface area contributed by atoms with Gasteiger partial charge < -0.3 is 19.5 Å². The van der Waals surface area contributed by atoms with Crippen LogP contribution in [0.25, 0.3) is 0 Å². The van der Waals surface area contributed by atoms with E-state index in [1.54, 1.807) is 24.3 Å². The van der Waals surface area contributed by atoms with Crippen LogP contribution in [-0.2, 0) is 14.3 Å². The Morgan fingerprint density at radius 3 is 2.32 bits per heavy atom. The quantitative estimate of drug-likeness (QED) is 0.746. The van der Waals surface area contributed by atoms with Crippen molar-refractivity contribution in [3.63, 3.8) is 0 Å². The van der Waals surface area contributed by atoms with Crippen LogP contribution in [0.4, 0.5) is 5.69 Å². The van der Waals surface area contributed by atoms with Crippen LogP contribution in [0, 0.1) is 6.92 Å². The standard InChI is InChI=1S/C19H21NO5/c1-3-23-17-11-7-5-9-15(17)20-18(21)12-25-19(22)13-24-16-10-6-4-8-14(16)2/h4-11H,3,12-13H2,1-2H3,(H,20,21). The fraction of sp³-hybridized carbons (Fsp3) is 0.263. The summed E-state index contributed by atoms with van der Waals surface area (Å²) in [4.78, 5) is 23.6. The van der Waals surface area contributed by atoms with E-state index in [4.69, 9.17) is 14.2 Å². The summed E-state index contributed by atoms with van der Waals surface area (Å²) in [6.45, 7) is 3.57. The lowest BCUT2D eigenvalue weighted by Crippen LogP contribution is -2.24. The molecular formula is C19H21NO5. The minimum absolute atomic E-state index is 0.256. The highest BCUT2D eigenvalue weighted by Gasteiger charge is 2.11. The number of para-hydroxylation sites is 3. The number of aryl methyl sites for hydroxylation is 1. The first-order chi connectivity index (χ1) is 12.1. The zero-order chi connectivity index (χ0) is 18.1. The molecule has 0 spiro atoms. The zero-order valence-electron chi connectivity index (χ0n) is 14.3. The Hall–Kier alpha value is -3.02. The molecule has 0 aliphatic heterocycles. The first-order valence-corrected chi connectivity index (χ1v) is 7.96. The number of esters is 1. The summed E-state index contributed by atoms with van der Waals surface area (Å²) in [6.07, 6.45) is 0. The normalized spacial score (nSPS) is 10.0. The lowest BCUT2D eigenvalue weighted by molar-refractivity contribution is -0.149. The van der Waals surface area contributed by atoms with Crippen molar-refractivity contribution < 1.29 is 23.8 Å². The number of carbonyl (C=O) groups is 2. The van der Waals surface area contributed by atoms with E-state index in [2.05, 4.69) is 5.32 Å². The number of benzene rings is 2. The second-order valence-electron chi connectivity index (χ2n) is 5.19. The Balaban J connectivity index is 1.78. The van der Waals surface area contributed by atoms with Crippen LogP contribution in [0.5, 0.6) is 11.5 Å². The molecule has 0 aliphatic carbocycles. The first kappa shape index (κ1) is 18.3. The van der Waals surface area contributed by atoms with Crippen molar-refractivity contribution in [1.29, 1.82) is 0 Å². The zero-order valence-corrected chi connectivity index (χ0v) is 14.3. The van der Waals surface area contributed by atoms with Crippen LogP contribution < -0.4 is 14.8 Å². The van der Waals surface area contributed by atoms with Gasteiger partial charge in [-0.15, -0.1) is 0 Å². The number of carbonyl (C=O) groups excluding carboxylic acids is 2. The molecule has 0 unspecified atom stereocenters. The van der Waals surface area contributed by atoms with Gasteiger partial charge in [0.2, 0.25) is 0 Å². The third kappa shape index (κ3) is 5.84. The maximum atomic E-state index is 11.9. The van der Waals surface area contributed by atoms with Crippen molar-refractivity contribution in [2.75, 3.05) is 25.1 Å². The molecule has 0 fully saturated rings. The molecule has 0 radical (unpaired) electrons. The Morgan fingerprint density at radius 2 is 1.60 bits per heavy atom. The van der Waals surface area contributed by atoms with E-state index in [0.29, 0.717) is 23.8 Å². The number of amides is 1. The van der Waals surface area contributed by atoms with Crippen molar-refractivity contribution in [2.24, 2.45) is 0 Å². The Bertz CT molecular complexity index is 729. The Labute approximate surface area is 146 Å². The molecule has 0 heterocycles. The highest BCUT2D eigenvalue weighted by molar-refractivity contribution is 5.94. The number of nitrogens with one attached hydrogen (secondary N) is 1. The van der Waals surface area contributed by atoms with E-state index in [0.717, 1.165) is 5.56 Å². The molecule has 6 nitrogen and oxygen atoms in total. The van der Waals surface area contributed by atoms with E-state index < -0.39 is 18.5 Å². The molecular weight excluding hydrogens is 322 g/mol. The second kappa shape index (κ2) is 9.32. The fourth-order valence-electron chi connectivity index (χ4n) is 2.08. The van der Waals surface area contributed by atoms with Crippen LogP contribution in [0.15, 0.2) is 48.5 Å². The molecule has 0 saturated heterocycles.